The van der Waals surface area contributed by atoms with Gasteiger partial charge in [0.1, 0.15) is 18.0 Å². The van der Waals surface area contributed by atoms with Gasteiger partial charge in [-0.25, -0.2) is 9.37 Å². The third kappa shape index (κ3) is 3.56. The molecule has 150 valence electrons. The predicted molar refractivity (Wildman–Crippen MR) is 106 cm³/mol. The lowest BCUT2D eigenvalue weighted by molar-refractivity contribution is 0.226. The van der Waals surface area contributed by atoms with E-state index in [9.17, 15) is 9.65 Å². The second-order valence-electron chi connectivity index (χ2n) is 6.57. The Kier molecular flexibility index (Phi) is 4.85. The number of halogens is 1. The Labute approximate surface area is 171 Å². The van der Waals surface area contributed by atoms with Crippen molar-refractivity contribution in [2.75, 3.05) is 5.73 Å². The minimum Gasteiger partial charge on any atom is -0.482 e. The first-order chi connectivity index (χ1) is 14.5. The Morgan fingerprint density at radius 3 is 2.73 bits per heavy atom. The monoisotopic (exact) mass is 404 g/mol. The zero-order chi connectivity index (χ0) is 21.3. The number of benzene rings is 1. The molecule has 3 heterocycles. The fourth-order valence-corrected chi connectivity index (χ4v) is 3.11. The Bertz CT molecular complexity index is 1240. The Morgan fingerprint density at radius 2 is 2.00 bits per heavy atom. The van der Waals surface area contributed by atoms with Crippen LogP contribution in [0.5, 0.6) is 5.75 Å². The van der Waals surface area contributed by atoms with Gasteiger partial charge < -0.3 is 10.5 Å². The van der Waals surface area contributed by atoms with Crippen LogP contribution < -0.4 is 10.5 Å². The van der Waals surface area contributed by atoms with Gasteiger partial charge in [-0.15, -0.1) is 0 Å². The minimum absolute atomic E-state index is 0.170. The third-order valence-electron chi connectivity index (χ3n) is 4.49. The molecule has 0 amide bonds. The molecule has 0 spiro atoms. The van der Waals surface area contributed by atoms with Crippen molar-refractivity contribution >= 4 is 5.82 Å². The molecule has 0 bridgehead atoms. The maximum Gasteiger partial charge on any atom is 0.170 e. The number of aromatic nitrogens is 6. The average Bonchev–Trinajstić information content (AvgIpc) is 3.39. The molecule has 4 aromatic rings. The number of pyridine rings is 1. The van der Waals surface area contributed by atoms with Crippen LogP contribution in [0.1, 0.15) is 24.3 Å². The summed E-state index contributed by atoms with van der Waals surface area (Å²) in [5.41, 5.74) is 8.62. The summed E-state index contributed by atoms with van der Waals surface area (Å²) >= 11 is 0. The van der Waals surface area contributed by atoms with E-state index >= 15 is 0 Å². The Hall–Kier alpha value is -4.26. The fourth-order valence-electron chi connectivity index (χ4n) is 3.11. The molecule has 0 aliphatic heterocycles. The van der Waals surface area contributed by atoms with Crippen LogP contribution in [-0.4, -0.2) is 29.8 Å². The van der Waals surface area contributed by atoms with E-state index in [4.69, 9.17) is 10.5 Å². The molecular formula is C20H17FN8O. The van der Waals surface area contributed by atoms with Crippen molar-refractivity contribution in [3.8, 4) is 28.6 Å². The van der Waals surface area contributed by atoms with Gasteiger partial charge in [0.15, 0.2) is 17.3 Å². The molecular weight excluding hydrogens is 387 g/mol. The first-order valence-corrected chi connectivity index (χ1v) is 8.98. The highest BCUT2D eigenvalue weighted by Gasteiger charge is 2.19. The molecule has 0 saturated carbocycles. The summed E-state index contributed by atoms with van der Waals surface area (Å²) in [7, 11) is 1.73. The molecule has 0 radical (unpaired) electrons. The van der Waals surface area contributed by atoms with E-state index in [2.05, 4.69) is 26.3 Å². The van der Waals surface area contributed by atoms with Gasteiger partial charge in [-0.2, -0.15) is 25.4 Å². The number of nitriles is 1. The summed E-state index contributed by atoms with van der Waals surface area (Å²) < 4.78 is 21.5. The largest absolute Gasteiger partial charge is 0.482 e. The van der Waals surface area contributed by atoms with Gasteiger partial charge in [-0.05, 0) is 31.2 Å². The van der Waals surface area contributed by atoms with Crippen LogP contribution in [0.2, 0.25) is 0 Å². The molecule has 9 nitrogen and oxygen atoms in total. The van der Waals surface area contributed by atoms with Crippen molar-refractivity contribution < 1.29 is 9.13 Å². The summed E-state index contributed by atoms with van der Waals surface area (Å²) in [6.07, 6.45) is 5.74. The number of hydrogen-bond acceptors (Lipinski definition) is 7. The van der Waals surface area contributed by atoms with Gasteiger partial charge in [0.2, 0.25) is 0 Å². The molecule has 0 aliphatic carbocycles. The van der Waals surface area contributed by atoms with E-state index in [1.165, 1.54) is 29.3 Å². The molecule has 0 saturated heterocycles. The lowest BCUT2D eigenvalue weighted by Crippen LogP contribution is -2.11. The normalized spacial score (nSPS) is 11.8. The molecule has 0 aliphatic rings. The maximum atomic E-state index is 14.0. The first kappa shape index (κ1) is 19.1. The smallest absolute Gasteiger partial charge is 0.170 e. The van der Waals surface area contributed by atoms with Gasteiger partial charge in [0, 0.05) is 36.1 Å². The SMILES string of the molecule is C[C@@H](Oc1cc(-c2cn(C)nc2C#N)cnc1N)c1cc(F)ccc1-n1nccn1. The highest BCUT2D eigenvalue weighted by Crippen LogP contribution is 2.33. The van der Waals surface area contributed by atoms with Crippen molar-refractivity contribution in [1.29, 1.82) is 5.26 Å². The lowest BCUT2D eigenvalue weighted by Gasteiger charge is -2.19. The number of nitrogen functional groups attached to an aromatic ring is 1. The molecule has 2 N–H and O–H groups in total. The van der Waals surface area contributed by atoms with Crippen molar-refractivity contribution in [3.05, 3.63) is 66.1 Å². The summed E-state index contributed by atoms with van der Waals surface area (Å²) in [4.78, 5) is 5.57. The van der Waals surface area contributed by atoms with Gasteiger partial charge in [-0.3, -0.25) is 4.68 Å². The number of nitrogens with zero attached hydrogens (tertiary/aromatic N) is 7. The van der Waals surface area contributed by atoms with Gasteiger partial charge in [0.25, 0.3) is 0 Å². The number of hydrogen-bond donors (Lipinski definition) is 1. The Balaban J connectivity index is 1.70. The van der Waals surface area contributed by atoms with Crippen molar-refractivity contribution in [2.24, 2.45) is 7.05 Å². The van der Waals surface area contributed by atoms with Crippen molar-refractivity contribution in [3.63, 3.8) is 0 Å². The van der Waals surface area contributed by atoms with E-state index in [0.717, 1.165) is 0 Å². The third-order valence-corrected chi connectivity index (χ3v) is 4.49. The molecule has 3 aromatic heterocycles. The van der Waals surface area contributed by atoms with E-state index in [0.29, 0.717) is 28.1 Å². The highest BCUT2D eigenvalue weighted by atomic mass is 19.1. The van der Waals surface area contributed by atoms with Crippen LogP contribution in [0.15, 0.2) is 49.1 Å². The zero-order valence-corrected chi connectivity index (χ0v) is 16.2. The van der Waals surface area contributed by atoms with Gasteiger partial charge >= 0.3 is 0 Å². The first-order valence-electron chi connectivity index (χ1n) is 8.98. The number of aryl methyl sites for hydroxylation is 1. The van der Waals surface area contributed by atoms with Crippen molar-refractivity contribution in [1.82, 2.24) is 29.8 Å². The van der Waals surface area contributed by atoms with E-state index < -0.39 is 11.9 Å². The number of ether oxygens (including phenoxy) is 1. The molecule has 1 atom stereocenters. The molecule has 10 heteroatoms. The minimum atomic E-state index is -0.592. The Morgan fingerprint density at radius 1 is 1.23 bits per heavy atom. The van der Waals surface area contributed by atoms with Crippen LogP contribution in [-0.2, 0) is 7.05 Å². The maximum absolute atomic E-state index is 14.0. The lowest BCUT2D eigenvalue weighted by atomic mass is 10.1. The van der Waals surface area contributed by atoms with Crippen LogP contribution >= 0.6 is 0 Å². The summed E-state index contributed by atoms with van der Waals surface area (Å²) in [5, 5.41) is 21.6. The van der Waals surface area contributed by atoms with Gasteiger partial charge in [0.05, 0.1) is 18.1 Å². The predicted octanol–water partition coefficient (Wildman–Crippen LogP) is 2.80. The number of rotatable bonds is 5. The van der Waals surface area contributed by atoms with Gasteiger partial charge in [-0.1, -0.05) is 0 Å². The topological polar surface area (TPSA) is 120 Å². The standard InChI is InChI=1S/C20H17FN8O/c1-12(15-8-14(21)3-4-18(15)29-25-5-6-26-29)30-19-7-13(10-24-20(19)23)16-11-28(2)27-17(16)9-22/h3-8,10-12H,1-2H3,(H2,23,24)/t12-/m1/s1. The number of nitrogens with two attached hydrogens (primary N) is 1. The second-order valence-corrected chi connectivity index (χ2v) is 6.57. The molecule has 4 rings (SSSR count). The average molecular weight is 404 g/mol. The fraction of sp³-hybridized carbons (Fsp3) is 0.150. The summed E-state index contributed by atoms with van der Waals surface area (Å²) in [6, 6.07) is 8.02. The summed E-state index contributed by atoms with van der Waals surface area (Å²) in [5.74, 6) is 0.0600. The quantitative estimate of drug-likeness (QED) is 0.543. The van der Waals surface area contributed by atoms with E-state index in [-0.39, 0.29) is 11.5 Å². The highest BCUT2D eigenvalue weighted by molar-refractivity contribution is 5.70. The molecule has 1 aromatic carbocycles. The van der Waals surface area contributed by atoms with Crippen LogP contribution in [0.25, 0.3) is 16.8 Å². The van der Waals surface area contributed by atoms with E-state index in [1.807, 2.05) is 0 Å². The van der Waals surface area contributed by atoms with Crippen LogP contribution in [0, 0.1) is 17.1 Å². The van der Waals surface area contributed by atoms with Crippen LogP contribution in [0.3, 0.4) is 0 Å². The molecule has 0 fully saturated rings. The van der Waals surface area contributed by atoms with Crippen molar-refractivity contribution in [2.45, 2.75) is 13.0 Å². The molecule has 30 heavy (non-hydrogen) atoms. The number of anilines is 1. The zero-order valence-electron chi connectivity index (χ0n) is 16.2. The summed E-state index contributed by atoms with van der Waals surface area (Å²) in [6.45, 7) is 1.76. The van der Waals surface area contributed by atoms with Crippen LogP contribution in [0.4, 0.5) is 10.2 Å². The second kappa shape index (κ2) is 7.63. The molecule has 0 unspecified atom stereocenters. The van der Waals surface area contributed by atoms with E-state index in [1.54, 1.807) is 43.2 Å².